The Morgan fingerprint density at radius 3 is 2.52 bits per heavy atom. The van der Waals surface area contributed by atoms with E-state index in [0.29, 0.717) is 16.1 Å². The molecule has 0 unspecified atom stereocenters. The van der Waals surface area contributed by atoms with Crippen molar-refractivity contribution in [3.8, 4) is 0 Å². The number of likely N-dealkylation sites (tertiary alicyclic amines) is 1. The zero-order valence-corrected chi connectivity index (χ0v) is 14.2. The number of rotatable bonds is 1. The van der Waals surface area contributed by atoms with Gasteiger partial charge in [0.25, 0.3) is 0 Å². The van der Waals surface area contributed by atoms with Gasteiger partial charge in [0.1, 0.15) is 0 Å². The summed E-state index contributed by atoms with van der Waals surface area (Å²) < 4.78 is 0. The third kappa shape index (κ3) is 2.69. The van der Waals surface area contributed by atoms with Gasteiger partial charge in [-0.15, -0.1) is 0 Å². The van der Waals surface area contributed by atoms with Crippen molar-refractivity contribution in [1.29, 1.82) is 0 Å². The number of piperidine rings is 1. The molecule has 4 heteroatoms. The fourth-order valence-electron chi connectivity index (χ4n) is 3.61. The normalized spacial score (nSPS) is 21.5. The maximum absolute atomic E-state index is 6.31. The van der Waals surface area contributed by atoms with Gasteiger partial charge in [0.15, 0.2) is 0 Å². The lowest BCUT2D eigenvalue weighted by molar-refractivity contribution is 0.105. The third-order valence-corrected chi connectivity index (χ3v) is 5.58. The highest BCUT2D eigenvalue weighted by atomic mass is 35.5. The molecule has 1 spiro atoms. The smallest absolute Gasteiger partial charge is 0.0658 e. The minimum Gasteiger partial charge on any atom is -0.357 e. The number of nitrogens with one attached hydrogen (secondary N) is 1. The van der Waals surface area contributed by atoms with Gasteiger partial charge in [0.05, 0.1) is 10.7 Å². The topological polar surface area (TPSA) is 15.3 Å². The number of fused-ring (bicyclic) bond motifs is 1. The molecule has 1 N–H and O–H groups in total. The summed E-state index contributed by atoms with van der Waals surface area (Å²) in [6.45, 7) is 11.1. The maximum atomic E-state index is 6.31. The second kappa shape index (κ2) is 5.49. The summed E-state index contributed by atoms with van der Waals surface area (Å²) in [5.74, 6) is 0. The number of anilines is 1. The SMILES string of the molecule is C=C1Nc2c(Cl)cc(Cl)cc2CC12CCN(C(C)C)CC2. The molecule has 0 radical (unpaired) electrons. The fourth-order valence-corrected chi connectivity index (χ4v) is 4.19. The molecule has 2 aliphatic rings. The first-order valence-electron chi connectivity index (χ1n) is 7.60. The van der Waals surface area contributed by atoms with Crippen molar-refractivity contribution in [1.82, 2.24) is 4.90 Å². The molecule has 2 aliphatic heterocycles. The number of hydrogen-bond donors (Lipinski definition) is 1. The Balaban J connectivity index is 1.88. The molecule has 2 nitrogen and oxygen atoms in total. The standard InChI is InChI=1S/C17H22Cl2N2/c1-11(2)21-6-4-17(5-7-21)10-13-8-14(18)9-15(19)16(13)20-12(17)3/h8-9,11,20H,3-7,10H2,1-2H3. The molecule has 1 fully saturated rings. The highest BCUT2D eigenvalue weighted by molar-refractivity contribution is 6.36. The summed E-state index contributed by atoms with van der Waals surface area (Å²) in [5.41, 5.74) is 3.47. The predicted octanol–water partition coefficient (Wildman–Crippen LogP) is 4.97. The lowest BCUT2D eigenvalue weighted by Crippen LogP contribution is -2.47. The zero-order chi connectivity index (χ0) is 15.2. The van der Waals surface area contributed by atoms with Crippen molar-refractivity contribution >= 4 is 28.9 Å². The molecule has 0 amide bonds. The average Bonchev–Trinajstić information content (AvgIpc) is 2.42. The second-order valence-electron chi connectivity index (χ2n) is 6.61. The van der Waals surface area contributed by atoms with Crippen molar-refractivity contribution in [2.24, 2.45) is 5.41 Å². The van der Waals surface area contributed by atoms with Crippen LogP contribution in [0.25, 0.3) is 0 Å². The van der Waals surface area contributed by atoms with Crippen LogP contribution in [0.4, 0.5) is 5.69 Å². The molecule has 3 rings (SSSR count). The number of nitrogens with zero attached hydrogens (tertiary/aromatic N) is 1. The van der Waals surface area contributed by atoms with E-state index in [0.717, 1.165) is 43.7 Å². The fraction of sp³-hybridized carbons (Fsp3) is 0.529. The number of benzene rings is 1. The van der Waals surface area contributed by atoms with Crippen LogP contribution in [-0.4, -0.2) is 24.0 Å². The minimum absolute atomic E-state index is 0.145. The quantitative estimate of drug-likeness (QED) is 0.784. The number of hydrogen-bond acceptors (Lipinski definition) is 2. The molecule has 0 atom stereocenters. The largest absolute Gasteiger partial charge is 0.357 e. The molecule has 2 heterocycles. The van der Waals surface area contributed by atoms with Crippen molar-refractivity contribution in [3.63, 3.8) is 0 Å². The first-order chi connectivity index (χ1) is 9.91. The van der Waals surface area contributed by atoms with Crippen LogP contribution in [0.15, 0.2) is 24.4 Å². The molecule has 1 aromatic rings. The highest BCUT2D eigenvalue weighted by Gasteiger charge is 2.41. The summed E-state index contributed by atoms with van der Waals surface area (Å²) in [4.78, 5) is 2.54. The Kier molecular flexibility index (Phi) is 3.98. The van der Waals surface area contributed by atoms with E-state index >= 15 is 0 Å². The van der Waals surface area contributed by atoms with Crippen LogP contribution in [0.2, 0.25) is 10.0 Å². The van der Waals surface area contributed by atoms with Crippen molar-refractivity contribution < 1.29 is 0 Å². The summed E-state index contributed by atoms with van der Waals surface area (Å²) in [6.07, 6.45) is 3.27. The van der Waals surface area contributed by atoms with E-state index in [9.17, 15) is 0 Å². The van der Waals surface area contributed by atoms with Gasteiger partial charge < -0.3 is 10.2 Å². The monoisotopic (exact) mass is 324 g/mol. The number of allylic oxidation sites excluding steroid dienone is 1. The zero-order valence-electron chi connectivity index (χ0n) is 12.7. The van der Waals surface area contributed by atoms with Gasteiger partial charge in [-0.3, -0.25) is 0 Å². The van der Waals surface area contributed by atoms with Gasteiger partial charge in [-0.05, 0) is 63.9 Å². The van der Waals surface area contributed by atoms with Gasteiger partial charge in [-0.25, -0.2) is 0 Å². The first-order valence-corrected chi connectivity index (χ1v) is 8.35. The Morgan fingerprint density at radius 2 is 1.90 bits per heavy atom. The van der Waals surface area contributed by atoms with E-state index in [4.69, 9.17) is 23.2 Å². The van der Waals surface area contributed by atoms with Crippen molar-refractivity contribution in [2.45, 2.75) is 39.2 Å². The van der Waals surface area contributed by atoms with Crippen molar-refractivity contribution in [2.75, 3.05) is 18.4 Å². The number of halogens is 2. The van der Waals surface area contributed by atoms with Crippen LogP contribution in [0, 0.1) is 5.41 Å². The van der Waals surface area contributed by atoms with Crippen LogP contribution in [0.1, 0.15) is 32.3 Å². The van der Waals surface area contributed by atoms with E-state index in [1.807, 2.05) is 6.07 Å². The molecule has 114 valence electrons. The van der Waals surface area contributed by atoms with E-state index in [1.165, 1.54) is 5.56 Å². The Hall–Kier alpha value is -0.700. The van der Waals surface area contributed by atoms with Crippen LogP contribution >= 0.6 is 23.2 Å². The minimum atomic E-state index is 0.145. The first kappa shape index (κ1) is 15.2. The van der Waals surface area contributed by atoms with Gasteiger partial charge >= 0.3 is 0 Å². The molecular formula is C17H22Cl2N2. The molecule has 0 aliphatic carbocycles. The molecule has 1 aromatic carbocycles. The van der Waals surface area contributed by atoms with Crippen LogP contribution in [0.5, 0.6) is 0 Å². The molecule has 0 bridgehead atoms. The van der Waals surface area contributed by atoms with E-state index in [2.05, 4.69) is 30.6 Å². The van der Waals surface area contributed by atoms with Crippen molar-refractivity contribution in [3.05, 3.63) is 40.0 Å². The Bertz CT molecular complexity index is 572. The summed E-state index contributed by atoms with van der Waals surface area (Å²) in [5, 5.41) is 4.86. The summed E-state index contributed by atoms with van der Waals surface area (Å²) >= 11 is 12.5. The molecular weight excluding hydrogens is 303 g/mol. The van der Waals surface area contributed by atoms with Crippen LogP contribution in [-0.2, 0) is 6.42 Å². The lowest BCUT2D eigenvalue weighted by atomic mass is 9.69. The predicted molar refractivity (Wildman–Crippen MR) is 91.3 cm³/mol. The van der Waals surface area contributed by atoms with Gasteiger partial charge in [0, 0.05) is 22.2 Å². The highest BCUT2D eigenvalue weighted by Crippen LogP contribution is 2.48. The van der Waals surface area contributed by atoms with Gasteiger partial charge in [-0.1, -0.05) is 29.8 Å². The summed E-state index contributed by atoms with van der Waals surface area (Å²) in [6, 6.07) is 4.45. The molecule has 0 saturated carbocycles. The van der Waals surface area contributed by atoms with E-state index in [1.54, 1.807) is 6.07 Å². The average molecular weight is 325 g/mol. The van der Waals surface area contributed by atoms with Crippen LogP contribution < -0.4 is 5.32 Å². The van der Waals surface area contributed by atoms with Gasteiger partial charge in [0.2, 0.25) is 0 Å². The Labute approximate surface area is 137 Å². The van der Waals surface area contributed by atoms with E-state index < -0.39 is 0 Å². The maximum Gasteiger partial charge on any atom is 0.0658 e. The van der Waals surface area contributed by atoms with E-state index in [-0.39, 0.29) is 5.41 Å². The lowest BCUT2D eigenvalue weighted by Gasteiger charge is -2.47. The third-order valence-electron chi connectivity index (χ3n) is 5.07. The second-order valence-corrected chi connectivity index (χ2v) is 7.46. The molecule has 21 heavy (non-hydrogen) atoms. The van der Waals surface area contributed by atoms with Gasteiger partial charge in [-0.2, -0.15) is 0 Å². The molecule has 0 aromatic heterocycles. The summed E-state index contributed by atoms with van der Waals surface area (Å²) in [7, 11) is 0. The van der Waals surface area contributed by atoms with Crippen LogP contribution in [0.3, 0.4) is 0 Å². The Morgan fingerprint density at radius 1 is 1.24 bits per heavy atom. The molecule has 1 saturated heterocycles.